The number of fused-ring (bicyclic) bond motifs is 2. The summed E-state index contributed by atoms with van der Waals surface area (Å²) < 4.78 is 27.8. The maximum atomic E-state index is 12.6. The molecule has 0 aromatic heterocycles. The van der Waals surface area contributed by atoms with Crippen LogP contribution in [-0.4, -0.2) is 58.3 Å². The number of ketones is 1. The molecule has 1 aromatic rings. The SMILES string of the molecule is COC1=CC(=O)[C@@H]2C[C@H](O)[C@@H](c3ccc(OC)c(OC)c3)[C@H]1C2(OC)OC. The van der Waals surface area contributed by atoms with Crippen molar-refractivity contribution < 1.29 is 33.6 Å². The highest BCUT2D eigenvalue weighted by Crippen LogP contribution is 2.55. The van der Waals surface area contributed by atoms with Crippen molar-refractivity contribution in [3.05, 3.63) is 35.6 Å². The molecule has 4 atom stereocenters. The zero-order valence-electron chi connectivity index (χ0n) is 16.2. The van der Waals surface area contributed by atoms with Gasteiger partial charge in [-0.3, -0.25) is 4.79 Å². The van der Waals surface area contributed by atoms with Gasteiger partial charge in [0.05, 0.1) is 39.3 Å². The number of methoxy groups -OCH3 is 5. The lowest BCUT2D eigenvalue weighted by Crippen LogP contribution is -2.62. The number of aliphatic hydroxyl groups excluding tert-OH is 1. The van der Waals surface area contributed by atoms with Crippen LogP contribution >= 0.6 is 0 Å². The van der Waals surface area contributed by atoms with Gasteiger partial charge in [0.25, 0.3) is 0 Å². The molecule has 0 spiro atoms. The van der Waals surface area contributed by atoms with Crippen molar-refractivity contribution in [1.82, 2.24) is 0 Å². The summed E-state index contributed by atoms with van der Waals surface area (Å²) in [6.45, 7) is 0. The number of carbonyl (C=O) groups is 1. The van der Waals surface area contributed by atoms with Crippen molar-refractivity contribution in [2.45, 2.75) is 24.2 Å². The van der Waals surface area contributed by atoms with Crippen LogP contribution in [0.5, 0.6) is 11.5 Å². The molecule has 3 rings (SSSR count). The van der Waals surface area contributed by atoms with Gasteiger partial charge in [-0.25, -0.2) is 0 Å². The van der Waals surface area contributed by atoms with Crippen molar-refractivity contribution in [2.75, 3.05) is 35.5 Å². The lowest BCUT2D eigenvalue weighted by Gasteiger charge is -2.53. The van der Waals surface area contributed by atoms with E-state index in [1.54, 1.807) is 20.3 Å². The fraction of sp³-hybridized carbons (Fsp3) is 0.550. The van der Waals surface area contributed by atoms with Crippen LogP contribution in [0.1, 0.15) is 17.9 Å². The Morgan fingerprint density at radius 3 is 2.22 bits per heavy atom. The van der Waals surface area contributed by atoms with E-state index in [-0.39, 0.29) is 12.2 Å². The molecule has 0 unspecified atom stereocenters. The Balaban J connectivity index is 2.17. The fourth-order valence-electron chi connectivity index (χ4n) is 4.54. The number of aliphatic hydroxyl groups is 1. The Morgan fingerprint density at radius 1 is 1.00 bits per heavy atom. The Hall–Kier alpha value is -2.09. The maximum absolute atomic E-state index is 12.6. The highest BCUT2D eigenvalue weighted by Gasteiger charge is 2.62. The lowest BCUT2D eigenvalue weighted by atomic mass is 9.61. The van der Waals surface area contributed by atoms with E-state index in [1.165, 1.54) is 27.4 Å². The molecule has 0 heterocycles. The van der Waals surface area contributed by atoms with Crippen LogP contribution in [-0.2, 0) is 19.0 Å². The van der Waals surface area contributed by atoms with Crippen molar-refractivity contribution in [1.29, 1.82) is 0 Å². The van der Waals surface area contributed by atoms with Crippen molar-refractivity contribution in [3.8, 4) is 11.5 Å². The average Bonchev–Trinajstić information content (AvgIpc) is 2.70. The zero-order valence-corrected chi connectivity index (χ0v) is 16.2. The van der Waals surface area contributed by atoms with Crippen LogP contribution < -0.4 is 9.47 Å². The minimum Gasteiger partial charge on any atom is -0.500 e. The molecule has 1 N–H and O–H groups in total. The number of allylic oxidation sites excluding steroid dienone is 1. The second-order valence-corrected chi connectivity index (χ2v) is 6.76. The van der Waals surface area contributed by atoms with Crippen LogP contribution in [0.15, 0.2) is 30.0 Å². The number of rotatable bonds is 6. The summed E-state index contributed by atoms with van der Waals surface area (Å²) in [6, 6.07) is 5.49. The van der Waals surface area contributed by atoms with Crippen LogP contribution in [0.4, 0.5) is 0 Å². The Bertz CT molecular complexity index is 738. The quantitative estimate of drug-likeness (QED) is 0.757. The number of ether oxygens (including phenoxy) is 5. The van der Waals surface area contributed by atoms with Gasteiger partial charge in [-0.15, -0.1) is 0 Å². The molecular weight excluding hydrogens is 352 g/mol. The van der Waals surface area contributed by atoms with Gasteiger partial charge < -0.3 is 28.8 Å². The van der Waals surface area contributed by atoms with Gasteiger partial charge in [0, 0.05) is 26.2 Å². The normalized spacial score (nSPS) is 29.1. The van der Waals surface area contributed by atoms with E-state index in [9.17, 15) is 9.90 Å². The summed E-state index contributed by atoms with van der Waals surface area (Å²) in [4.78, 5) is 12.6. The van der Waals surface area contributed by atoms with Gasteiger partial charge in [-0.1, -0.05) is 6.07 Å². The molecule has 1 saturated carbocycles. The van der Waals surface area contributed by atoms with E-state index < -0.39 is 29.6 Å². The Labute approximate surface area is 158 Å². The van der Waals surface area contributed by atoms with Gasteiger partial charge in [-0.05, 0) is 24.1 Å². The van der Waals surface area contributed by atoms with Crippen molar-refractivity contribution >= 4 is 5.78 Å². The summed E-state index contributed by atoms with van der Waals surface area (Å²) in [5.41, 5.74) is 0.819. The first-order valence-electron chi connectivity index (χ1n) is 8.77. The van der Waals surface area contributed by atoms with Crippen LogP contribution in [0, 0.1) is 11.8 Å². The largest absolute Gasteiger partial charge is 0.500 e. The topological polar surface area (TPSA) is 83.5 Å². The number of hydrogen-bond donors (Lipinski definition) is 1. The minimum absolute atomic E-state index is 0.170. The predicted molar refractivity (Wildman–Crippen MR) is 96.7 cm³/mol. The van der Waals surface area contributed by atoms with E-state index in [4.69, 9.17) is 23.7 Å². The lowest BCUT2D eigenvalue weighted by molar-refractivity contribution is -0.290. The zero-order chi connectivity index (χ0) is 19.8. The molecule has 27 heavy (non-hydrogen) atoms. The third-order valence-electron chi connectivity index (χ3n) is 5.77. The number of benzene rings is 1. The molecule has 148 valence electrons. The summed E-state index contributed by atoms with van der Waals surface area (Å²) in [7, 11) is 7.65. The Morgan fingerprint density at radius 2 is 1.67 bits per heavy atom. The first-order valence-corrected chi connectivity index (χ1v) is 8.77. The molecule has 0 saturated heterocycles. The second-order valence-electron chi connectivity index (χ2n) is 6.76. The molecule has 7 nitrogen and oxygen atoms in total. The highest BCUT2D eigenvalue weighted by atomic mass is 16.7. The first-order chi connectivity index (χ1) is 13.0. The molecule has 1 fully saturated rings. The molecule has 1 aromatic carbocycles. The van der Waals surface area contributed by atoms with Gasteiger partial charge in [0.1, 0.15) is 5.76 Å². The van der Waals surface area contributed by atoms with E-state index >= 15 is 0 Å². The molecule has 2 bridgehead atoms. The molecular formula is C20H26O7. The van der Waals surface area contributed by atoms with Gasteiger partial charge >= 0.3 is 0 Å². The monoisotopic (exact) mass is 378 g/mol. The molecule has 0 radical (unpaired) electrons. The summed E-state index contributed by atoms with van der Waals surface area (Å²) >= 11 is 0. The summed E-state index contributed by atoms with van der Waals surface area (Å²) in [5.74, 6) is -1.33. The molecule has 2 aliphatic carbocycles. The van der Waals surface area contributed by atoms with Crippen molar-refractivity contribution in [2.24, 2.45) is 11.8 Å². The minimum atomic E-state index is -1.21. The predicted octanol–water partition coefficient (Wildman–Crippen LogP) is 1.89. The second kappa shape index (κ2) is 7.50. The number of carbonyl (C=O) groups excluding carboxylic acids is 1. The maximum Gasteiger partial charge on any atom is 0.188 e. The number of hydrogen-bond acceptors (Lipinski definition) is 7. The summed E-state index contributed by atoms with van der Waals surface area (Å²) in [5, 5.41) is 11.0. The molecule has 7 heteroatoms. The van der Waals surface area contributed by atoms with E-state index in [1.807, 2.05) is 12.1 Å². The molecule has 0 amide bonds. The van der Waals surface area contributed by atoms with Crippen LogP contribution in [0.2, 0.25) is 0 Å². The van der Waals surface area contributed by atoms with Gasteiger partial charge in [0.15, 0.2) is 23.1 Å². The van der Waals surface area contributed by atoms with Crippen LogP contribution in [0.3, 0.4) is 0 Å². The summed E-state index contributed by atoms with van der Waals surface area (Å²) in [6.07, 6.45) is 0.939. The van der Waals surface area contributed by atoms with Crippen LogP contribution in [0.25, 0.3) is 0 Å². The highest BCUT2D eigenvalue weighted by molar-refractivity contribution is 5.94. The standard InChI is InChI=1S/C20H26O7/c1-23-15-7-6-11(8-16(15)24-2)18-14(22)9-12-13(21)10-17(25-3)19(18)20(12,26-4)27-5/h6-8,10,12,14,18-19,22H,9H2,1-5H3/t12-,14-,18+,19-/m0/s1. The smallest absolute Gasteiger partial charge is 0.188 e. The van der Waals surface area contributed by atoms with E-state index in [2.05, 4.69) is 0 Å². The van der Waals surface area contributed by atoms with E-state index in [0.29, 0.717) is 17.3 Å². The Kier molecular flexibility index (Phi) is 5.46. The first kappa shape index (κ1) is 19.7. The van der Waals surface area contributed by atoms with E-state index in [0.717, 1.165) is 5.56 Å². The average molecular weight is 378 g/mol. The van der Waals surface area contributed by atoms with Gasteiger partial charge in [-0.2, -0.15) is 0 Å². The van der Waals surface area contributed by atoms with Crippen molar-refractivity contribution in [3.63, 3.8) is 0 Å². The fourth-order valence-corrected chi connectivity index (χ4v) is 4.54. The molecule has 0 aliphatic heterocycles. The third-order valence-corrected chi connectivity index (χ3v) is 5.77. The third kappa shape index (κ3) is 2.90. The van der Waals surface area contributed by atoms with Gasteiger partial charge in [0.2, 0.25) is 0 Å². The molecule has 2 aliphatic rings.